The van der Waals surface area contributed by atoms with Crippen molar-refractivity contribution in [1.29, 1.82) is 0 Å². The molecule has 1 atom stereocenters. The van der Waals surface area contributed by atoms with Crippen molar-refractivity contribution < 1.29 is 19.1 Å². The Morgan fingerprint density at radius 1 is 1.29 bits per heavy atom. The summed E-state index contributed by atoms with van der Waals surface area (Å²) in [6.45, 7) is 5.68. The lowest BCUT2D eigenvalue weighted by atomic mass is 10.1. The third-order valence-corrected chi connectivity index (χ3v) is 4.46. The van der Waals surface area contributed by atoms with Gasteiger partial charge in [0, 0.05) is 18.7 Å². The van der Waals surface area contributed by atoms with Crippen molar-refractivity contribution in [2.24, 2.45) is 5.92 Å². The van der Waals surface area contributed by atoms with Gasteiger partial charge in [-0.3, -0.25) is 9.59 Å². The summed E-state index contributed by atoms with van der Waals surface area (Å²) in [5, 5.41) is 2.96. The number of carbonyl (C=O) groups is 2. The molecule has 1 fully saturated rings. The van der Waals surface area contributed by atoms with Crippen molar-refractivity contribution in [2.45, 2.75) is 39.2 Å². The van der Waals surface area contributed by atoms with Gasteiger partial charge in [-0.25, -0.2) is 0 Å². The highest BCUT2D eigenvalue weighted by atomic mass is 16.7. The van der Waals surface area contributed by atoms with Crippen LogP contribution in [-0.2, 0) is 4.79 Å². The quantitative estimate of drug-likeness (QED) is 0.897. The first-order valence-electron chi connectivity index (χ1n) is 8.54. The first-order valence-corrected chi connectivity index (χ1v) is 8.54. The van der Waals surface area contributed by atoms with Crippen LogP contribution in [0.4, 0.5) is 0 Å². The van der Waals surface area contributed by atoms with Crippen LogP contribution < -0.4 is 14.8 Å². The molecule has 2 aliphatic rings. The molecule has 2 amide bonds. The van der Waals surface area contributed by atoms with E-state index in [9.17, 15) is 9.59 Å². The number of hydrogen-bond donors (Lipinski definition) is 1. The Labute approximate surface area is 142 Å². The van der Waals surface area contributed by atoms with Crippen LogP contribution >= 0.6 is 0 Å². The minimum atomic E-state index is -0.380. The van der Waals surface area contributed by atoms with E-state index in [4.69, 9.17) is 9.47 Å². The molecule has 0 bridgehead atoms. The lowest BCUT2D eigenvalue weighted by Gasteiger charge is -2.24. The van der Waals surface area contributed by atoms with Crippen LogP contribution in [0.5, 0.6) is 11.5 Å². The van der Waals surface area contributed by atoms with Crippen molar-refractivity contribution in [3.8, 4) is 11.5 Å². The number of hydrogen-bond acceptors (Lipinski definition) is 4. The monoisotopic (exact) mass is 332 g/mol. The SMILES string of the molecule is CC(C)CCNC(=O)[C@H]1CCCN1C(=O)c1ccc2c(c1)OCO2. The molecule has 0 aliphatic carbocycles. The van der Waals surface area contributed by atoms with E-state index in [0.29, 0.717) is 42.5 Å². The van der Waals surface area contributed by atoms with Crippen molar-refractivity contribution in [3.05, 3.63) is 23.8 Å². The maximum atomic E-state index is 12.8. The Morgan fingerprint density at radius 2 is 2.08 bits per heavy atom. The van der Waals surface area contributed by atoms with Crippen LogP contribution in [0.25, 0.3) is 0 Å². The molecule has 0 unspecified atom stereocenters. The van der Waals surface area contributed by atoms with E-state index in [1.54, 1.807) is 23.1 Å². The summed E-state index contributed by atoms with van der Waals surface area (Å²) in [7, 11) is 0. The average molecular weight is 332 g/mol. The molecule has 0 spiro atoms. The number of benzene rings is 1. The maximum Gasteiger partial charge on any atom is 0.254 e. The Bertz CT molecular complexity index is 629. The molecule has 1 N–H and O–H groups in total. The Kier molecular flexibility index (Phi) is 4.92. The van der Waals surface area contributed by atoms with Crippen LogP contribution in [-0.4, -0.2) is 42.6 Å². The van der Waals surface area contributed by atoms with Crippen LogP contribution in [0, 0.1) is 5.92 Å². The Hall–Kier alpha value is -2.24. The summed E-state index contributed by atoms with van der Waals surface area (Å²) in [5.74, 6) is 1.59. The molecule has 6 heteroatoms. The van der Waals surface area contributed by atoms with Crippen molar-refractivity contribution >= 4 is 11.8 Å². The summed E-state index contributed by atoms with van der Waals surface area (Å²) in [6, 6.07) is 4.78. The first kappa shape index (κ1) is 16.6. The van der Waals surface area contributed by atoms with E-state index in [-0.39, 0.29) is 24.6 Å². The molecule has 0 saturated carbocycles. The zero-order chi connectivity index (χ0) is 17.1. The van der Waals surface area contributed by atoms with Crippen LogP contribution in [0.3, 0.4) is 0 Å². The number of fused-ring (bicyclic) bond motifs is 1. The molecule has 1 aromatic rings. The van der Waals surface area contributed by atoms with Gasteiger partial charge in [-0.05, 0) is 43.4 Å². The molecule has 6 nitrogen and oxygen atoms in total. The summed E-state index contributed by atoms with van der Waals surface area (Å²) in [4.78, 5) is 26.9. The van der Waals surface area contributed by atoms with E-state index < -0.39 is 0 Å². The second-order valence-electron chi connectivity index (χ2n) is 6.70. The van der Waals surface area contributed by atoms with E-state index in [2.05, 4.69) is 19.2 Å². The van der Waals surface area contributed by atoms with Gasteiger partial charge in [0.05, 0.1) is 0 Å². The van der Waals surface area contributed by atoms with Gasteiger partial charge in [0.25, 0.3) is 5.91 Å². The Morgan fingerprint density at radius 3 is 2.88 bits per heavy atom. The highest BCUT2D eigenvalue weighted by Gasteiger charge is 2.34. The Balaban J connectivity index is 1.66. The number of ether oxygens (including phenoxy) is 2. The van der Waals surface area contributed by atoms with Gasteiger partial charge in [0.2, 0.25) is 12.7 Å². The number of rotatable bonds is 5. The number of amides is 2. The third-order valence-electron chi connectivity index (χ3n) is 4.46. The topological polar surface area (TPSA) is 67.9 Å². The predicted molar refractivity (Wildman–Crippen MR) is 89.1 cm³/mol. The van der Waals surface area contributed by atoms with E-state index in [1.165, 1.54) is 0 Å². The van der Waals surface area contributed by atoms with Gasteiger partial charge < -0.3 is 19.7 Å². The number of nitrogens with one attached hydrogen (secondary N) is 1. The first-order chi connectivity index (χ1) is 11.6. The standard InChI is InChI=1S/C18H24N2O4/c1-12(2)7-8-19-17(21)14-4-3-9-20(14)18(22)13-5-6-15-16(10-13)24-11-23-15/h5-6,10,12,14H,3-4,7-9,11H2,1-2H3,(H,19,21)/t14-/m1/s1. The summed E-state index contributed by atoms with van der Waals surface area (Å²) in [6.07, 6.45) is 2.50. The van der Waals surface area contributed by atoms with Gasteiger partial charge >= 0.3 is 0 Å². The van der Waals surface area contributed by atoms with Crippen LogP contribution in [0.1, 0.15) is 43.5 Å². The van der Waals surface area contributed by atoms with E-state index >= 15 is 0 Å². The van der Waals surface area contributed by atoms with Crippen molar-refractivity contribution in [1.82, 2.24) is 10.2 Å². The fourth-order valence-electron chi connectivity index (χ4n) is 3.08. The minimum absolute atomic E-state index is 0.0535. The van der Waals surface area contributed by atoms with Crippen LogP contribution in [0.15, 0.2) is 18.2 Å². The molecule has 0 aromatic heterocycles. The lowest BCUT2D eigenvalue weighted by Crippen LogP contribution is -2.46. The molecule has 3 rings (SSSR count). The van der Waals surface area contributed by atoms with Gasteiger partial charge in [0.1, 0.15) is 6.04 Å². The molecule has 2 heterocycles. The zero-order valence-corrected chi connectivity index (χ0v) is 14.2. The predicted octanol–water partition coefficient (Wildman–Crippen LogP) is 2.18. The second-order valence-corrected chi connectivity index (χ2v) is 6.70. The molecule has 1 aromatic carbocycles. The largest absolute Gasteiger partial charge is 0.454 e. The molecule has 1 saturated heterocycles. The smallest absolute Gasteiger partial charge is 0.254 e. The van der Waals surface area contributed by atoms with Crippen molar-refractivity contribution in [3.63, 3.8) is 0 Å². The molecule has 130 valence electrons. The van der Waals surface area contributed by atoms with Gasteiger partial charge in [0.15, 0.2) is 11.5 Å². The van der Waals surface area contributed by atoms with E-state index in [1.807, 2.05) is 0 Å². The fraction of sp³-hybridized carbons (Fsp3) is 0.556. The van der Waals surface area contributed by atoms with Gasteiger partial charge in [-0.2, -0.15) is 0 Å². The highest BCUT2D eigenvalue weighted by molar-refractivity contribution is 5.98. The number of nitrogens with zero attached hydrogens (tertiary/aromatic N) is 1. The maximum absolute atomic E-state index is 12.8. The molecular weight excluding hydrogens is 308 g/mol. The second kappa shape index (κ2) is 7.11. The average Bonchev–Trinajstić information content (AvgIpc) is 3.22. The molecule has 24 heavy (non-hydrogen) atoms. The summed E-state index contributed by atoms with van der Waals surface area (Å²) < 4.78 is 10.6. The lowest BCUT2D eigenvalue weighted by molar-refractivity contribution is -0.124. The van der Waals surface area contributed by atoms with Crippen molar-refractivity contribution in [2.75, 3.05) is 19.9 Å². The van der Waals surface area contributed by atoms with Gasteiger partial charge in [-0.1, -0.05) is 13.8 Å². The molecular formula is C18H24N2O4. The number of likely N-dealkylation sites (tertiary alicyclic amines) is 1. The number of carbonyl (C=O) groups excluding carboxylic acids is 2. The molecule has 0 radical (unpaired) electrons. The highest BCUT2D eigenvalue weighted by Crippen LogP contribution is 2.33. The van der Waals surface area contributed by atoms with Gasteiger partial charge in [-0.15, -0.1) is 0 Å². The summed E-state index contributed by atoms with van der Waals surface area (Å²) in [5.41, 5.74) is 0.529. The van der Waals surface area contributed by atoms with E-state index in [0.717, 1.165) is 12.8 Å². The molecule has 2 aliphatic heterocycles. The normalized spacial score (nSPS) is 19.0. The zero-order valence-electron chi connectivity index (χ0n) is 14.2. The third kappa shape index (κ3) is 3.47. The fourth-order valence-corrected chi connectivity index (χ4v) is 3.08. The summed E-state index contributed by atoms with van der Waals surface area (Å²) >= 11 is 0. The van der Waals surface area contributed by atoms with Crippen LogP contribution in [0.2, 0.25) is 0 Å². The minimum Gasteiger partial charge on any atom is -0.454 e.